The van der Waals surface area contributed by atoms with Crippen LogP contribution in [0.2, 0.25) is 0 Å². The van der Waals surface area contributed by atoms with Crippen LogP contribution in [0.1, 0.15) is 50.7 Å². The largest absolute Gasteiger partial charge is 0.504 e. The molecule has 0 saturated heterocycles. The molecule has 2 N–H and O–H groups in total. The van der Waals surface area contributed by atoms with E-state index in [-0.39, 0.29) is 11.5 Å². The van der Waals surface area contributed by atoms with Crippen molar-refractivity contribution in [3.63, 3.8) is 0 Å². The van der Waals surface area contributed by atoms with Gasteiger partial charge in [0.2, 0.25) is 0 Å². The normalized spacial score (nSPS) is 10.9. The smallest absolute Gasteiger partial charge is 0.162 e. The molecule has 0 radical (unpaired) electrons. The molecular weight excluding hydrogens is 360 g/mol. The molecule has 0 spiro atoms. The van der Waals surface area contributed by atoms with Crippen LogP contribution >= 0.6 is 31.9 Å². The zero-order chi connectivity index (χ0) is 13.7. The van der Waals surface area contributed by atoms with E-state index in [1.165, 1.54) is 0 Å². The summed E-state index contributed by atoms with van der Waals surface area (Å²) in [6.07, 6.45) is 5.63. The summed E-state index contributed by atoms with van der Waals surface area (Å²) in [5.74, 6) is 0.0641. The molecule has 1 aromatic carbocycles. The number of benzene rings is 1. The van der Waals surface area contributed by atoms with Crippen LogP contribution in [-0.4, -0.2) is 10.2 Å². The summed E-state index contributed by atoms with van der Waals surface area (Å²) in [6.45, 7) is 4.21. The van der Waals surface area contributed by atoms with Crippen molar-refractivity contribution in [1.82, 2.24) is 0 Å². The molecule has 2 nitrogen and oxygen atoms in total. The van der Waals surface area contributed by atoms with Crippen molar-refractivity contribution in [3.8, 4) is 11.5 Å². The highest BCUT2D eigenvalue weighted by Gasteiger charge is 2.20. The summed E-state index contributed by atoms with van der Waals surface area (Å²) in [4.78, 5) is 0. The van der Waals surface area contributed by atoms with Crippen molar-refractivity contribution >= 4 is 31.9 Å². The molecule has 4 heteroatoms. The minimum atomic E-state index is 0.0321. The van der Waals surface area contributed by atoms with Gasteiger partial charge in [-0.1, -0.05) is 26.7 Å². The maximum atomic E-state index is 10.1. The fourth-order valence-corrected chi connectivity index (χ4v) is 3.17. The van der Waals surface area contributed by atoms with Gasteiger partial charge >= 0.3 is 0 Å². The van der Waals surface area contributed by atoms with Crippen LogP contribution in [0.25, 0.3) is 0 Å². The first-order valence-electron chi connectivity index (χ1n) is 6.45. The molecule has 102 valence electrons. The van der Waals surface area contributed by atoms with Gasteiger partial charge in [-0.15, -0.1) is 0 Å². The van der Waals surface area contributed by atoms with Crippen LogP contribution in [0.3, 0.4) is 0 Å². The molecule has 0 heterocycles. The Labute approximate surface area is 126 Å². The molecule has 0 amide bonds. The molecule has 0 unspecified atom stereocenters. The maximum Gasteiger partial charge on any atom is 0.162 e. The minimum absolute atomic E-state index is 0.0321. The number of halogens is 2. The van der Waals surface area contributed by atoms with E-state index in [2.05, 4.69) is 45.7 Å². The van der Waals surface area contributed by atoms with E-state index in [1.807, 2.05) is 0 Å². The lowest BCUT2D eigenvalue weighted by atomic mass is 10.0. The predicted octanol–water partition coefficient (Wildman–Crippen LogP) is 5.31. The van der Waals surface area contributed by atoms with Gasteiger partial charge in [-0.3, -0.25) is 0 Å². The van der Waals surface area contributed by atoms with Gasteiger partial charge in [0.05, 0.1) is 0 Å². The molecule has 0 atom stereocenters. The lowest BCUT2D eigenvalue weighted by molar-refractivity contribution is 0.393. The average molecular weight is 380 g/mol. The second-order valence-electron chi connectivity index (χ2n) is 4.49. The van der Waals surface area contributed by atoms with E-state index in [4.69, 9.17) is 0 Å². The molecule has 0 saturated carbocycles. The van der Waals surface area contributed by atoms with E-state index >= 15 is 0 Å². The zero-order valence-corrected chi connectivity index (χ0v) is 14.1. The highest BCUT2D eigenvalue weighted by Crippen LogP contribution is 2.45. The summed E-state index contributed by atoms with van der Waals surface area (Å²) in [7, 11) is 0. The third kappa shape index (κ3) is 3.41. The summed E-state index contributed by atoms with van der Waals surface area (Å²) in [6, 6.07) is 0. The Morgan fingerprint density at radius 1 is 0.778 bits per heavy atom. The van der Waals surface area contributed by atoms with Crippen LogP contribution in [0.5, 0.6) is 11.5 Å². The van der Waals surface area contributed by atoms with Gasteiger partial charge in [0.1, 0.15) is 0 Å². The van der Waals surface area contributed by atoms with Gasteiger partial charge in [0, 0.05) is 20.1 Å². The van der Waals surface area contributed by atoms with Crippen LogP contribution in [0.4, 0.5) is 0 Å². The lowest BCUT2D eigenvalue weighted by Gasteiger charge is -2.15. The molecule has 0 bridgehead atoms. The van der Waals surface area contributed by atoms with Crippen molar-refractivity contribution in [2.45, 2.75) is 52.4 Å². The Kier molecular flexibility index (Phi) is 6.50. The third-order valence-electron chi connectivity index (χ3n) is 3.08. The van der Waals surface area contributed by atoms with E-state index in [0.29, 0.717) is 0 Å². The van der Waals surface area contributed by atoms with Crippen LogP contribution in [-0.2, 0) is 12.8 Å². The van der Waals surface area contributed by atoms with Crippen molar-refractivity contribution in [2.24, 2.45) is 0 Å². The van der Waals surface area contributed by atoms with Gasteiger partial charge in [-0.2, -0.15) is 0 Å². The number of hydrogen-bond acceptors (Lipinski definition) is 2. The first kappa shape index (κ1) is 15.8. The summed E-state index contributed by atoms with van der Waals surface area (Å²) >= 11 is 7.04. The van der Waals surface area contributed by atoms with Crippen LogP contribution < -0.4 is 0 Å². The fraction of sp³-hybridized carbons (Fsp3) is 0.571. The first-order valence-corrected chi connectivity index (χ1v) is 8.03. The fourth-order valence-electron chi connectivity index (χ4n) is 1.92. The van der Waals surface area contributed by atoms with Gasteiger partial charge in [0.25, 0.3) is 0 Å². The van der Waals surface area contributed by atoms with Gasteiger partial charge < -0.3 is 10.2 Å². The van der Waals surface area contributed by atoms with Crippen molar-refractivity contribution in [1.29, 1.82) is 0 Å². The summed E-state index contributed by atoms with van der Waals surface area (Å²) in [5.41, 5.74) is 1.59. The first-order chi connectivity index (χ1) is 8.54. The Hall–Kier alpha value is -0.220. The molecule has 1 aromatic rings. The molecule has 0 aliphatic heterocycles. The Morgan fingerprint density at radius 3 is 1.39 bits per heavy atom. The Bertz CT molecular complexity index is 349. The Balaban J connectivity index is 3.18. The van der Waals surface area contributed by atoms with Crippen LogP contribution in [0, 0.1) is 0 Å². The molecule has 18 heavy (non-hydrogen) atoms. The number of aromatic hydroxyl groups is 2. The summed E-state index contributed by atoms with van der Waals surface area (Å²) < 4.78 is 1.75. The number of rotatable bonds is 6. The zero-order valence-electron chi connectivity index (χ0n) is 10.9. The molecule has 0 fully saturated rings. The highest BCUT2D eigenvalue weighted by atomic mass is 79.9. The van der Waals surface area contributed by atoms with Gasteiger partial charge in [-0.25, -0.2) is 0 Å². The van der Waals surface area contributed by atoms with E-state index in [9.17, 15) is 10.2 Å². The third-order valence-corrected chi connectivity index (χ3v) is 5.36. The monoisotopic (exact) mass is 378 g/mol. The lowest BCUT2D eigenvalue weighted by Crippen LogP contribution is -1.96. The number of unbranched alkanes of at least 4 members (excludes halogenated alkanes) is 2. The average Bonchev–Trinajstić information content (AvgIpc) is 2.37. The molecule has 0 aromatic heterocycles. The number of hydrogen-bond donors (Lipinski definition) is 2. The van der Waals surface area contributed by atoms with Gasteiger partial charge in [-0.05, 0) is 57.5 Å². The highest BCUT2D eigenvalue weighted by molar-refractivity contribution is 9.13. The van der Waals surface area contributed by atoms with Gasteiger partial charge in [0.15, 0.2) is 11.5 Å². The minimum Gasteiger partial charge on any atom is -0.504 e. The van der Waals surface area contributed by atoms with E-state index < -0.39 is 0 Å². The predicted molar refractivity (Wildman–Crippen MR) is 82.4 cm³/mol. The van der Waals surface area contributed by atoms with Crippen LogP contribution in [0.15, 0.2) is 8.95 Å². The quantitative estimate of drug-likeness (QED) is 0.657. The Morgan fingerprint density at radius 2 is 1.11 bits per heavy atom. The van der Waals surface area contributed by atoms with E-state index in [1.54, 1.807) is 0 Å². The number of phenolic OH excluding ortho intramolecular Hbond substituents is 2. The number of phenols is 2. The molecule has 1 rings (SSSR count). The van der Waals surface area contributed by atoms with Crippen molar-refractivity contribution in [3.05, 3.63) is 20.1 Å². The molecular formula is C14H20Br2O2. The van der Waals surface area contributed by atoms with E-state index in [0.717, 1.165) is 58.6 Å². The molecule has 0 aliphatic carbocycles. The molecule has 0 aliphatic rings. The standard InChI is InChI=1S/C14H20Br2O2/c1-3-5-7-9-11(15)12(16)10(8-6-4-2)14(18)13(9)17/h17-18H,3-8H2,1-2H3. The maximum absolute atomic E-state index is 10.1. The van der Waals surface area contributed by atoms with Crippen molar-refractivity contribution in [2.75, 3.05) is 0 Å². The topological polar surface area (TPSA) is 40.5 Å². The SMILES string of the molecule is CCCCc1c(O)c(O)c(CCCC)c(Br)c1Br. The summed E-state index contributed by atoms with van der Waals surface area (Å²) in [5, 5.41) is 20.2. The van der Waals surface area contributed by atoms with Crippen molar-refractivity contribution < 1.29 is 10.2 Å². The second kappa shape index (κ2) is 7.39. The second-order valence-corrected chi connectivity index (χ2v) is 6.08.